The quantitative estimate of drug-likeness (QED) is 0.878. The standard InChI is InChI=1S/C15H16BrN3O/c1-10-4-3-5-14(18-10)9-19(2)15(20)11-6-12(16)8-13(17)7-11/h3-8H,9,17H2,1-2H3. The highest BCUT2D eigenvalue weighted by atomic mass is 79.9. The molecule has 0 aliphatic rings. The van der Waals surface area contributed by atoms with Gasteiger partial charge >= 0.3 is 0 Å². The summed E-state index contributed by atoms with van der Waals surface area (Å²) in [6.07, 6.45) is 0. The summed E-state index contributed by atoms with van der Waals surface area (Å²) in [5, 5.41) is 0. The summed E-state index contributed by atoms with van der Waals surface area (Å²) in [4.78, 5) is 18.4. The first-order valence-electron chi connectivity index (χ1n) is 6.20. The predicted molar refractivity (Wildman–Crippen MR) is 83.3 cm³/mol. The molecule has 5 heteroatoms. The zero-order valence-electron chi connectivity index (χ0n) is 11.4. The second-order valence-corrected chi connectivity index (χ2v) is 5.62. The molecule has 0 atom stereocenters. The van der Waals surface area contributed by atoms with E-state index in [9.17, 15) is 4.79 Å². The molecule has 0 saturated carbocycles. The van der Waals surface area contributed by atoms with Crippen molar-refractivity contribution < 1.29 is 4.79 Å². The van der Waals surface area contributed by atoms with Crippen LogP contribution in [0.5, 0.6) is 0 Å². The van der Waals surface area contributed by atoms with Crippen molar-refractivity contribution in [1.82, 2.24) is 9.88 Å². The molecule has 2 N–H and O–H groups in total. The highest BCUT2D eigenvalue weighted by Crippen LogP contribution is 2.18. The molecule has 0 aliphatic heterocycles. The number of hydrogen-bond acceptors (Lipinski definition) is 3. The molecule has 0 fully saturated rings. The fraction of sp³-hybridized carbons (Fsp3) is 0.200. The van der Waals surface area contributed by atoms with Gasteiger partial charge in [0.25, 0.3) is 5.91 Å². The second-order valence-electron chi connectivity index (χ2n) is 4.70. The van der Waals surface area contributed by atoms with Gasteiger partial charge in [-0.25, -0.2) is 0 Å². The molecule has 0 unspecified atom stereocenters. The number of benzene rings is 1. The number of anilines is 1. The Morgan fingerprint density at radius 1 is 1.35 bits per heavy atom. The van der Waals surface area contributed by atoms with E-state index in [0.717, 1.165) is 15.9 Å². The molecule has 1 amide bonds. The monoisotopic (exact) mass is 333 g/mol. The number of aromatic nitrogens is 1. The molecule has 0 spiro atoms. The van der Waals surface area contributed by atoms with Crippen LogP contribution in [0.15, 0.2) is 40.9 Å². The highest BCUT2D eigenvalue weighted by Gasteiger charge is 2.13. The number of aryl methyl sites for hydroxylation is 1. The van der Waals surface area contributed by atoms with Crippen molar-refractivity contribution in [3.8, 4) is 0 Å². The van der Waals surface area contributed by atoms with Crippen LogP contribution in [0.2, 0.25) is 0 Å². The normalized spacial score (nSPS) is 10.3. The minimum Gasteiger partial charge on any atom is -0.399 e. The van der Waals surface area contributed by atoms with Gasteiger partial charge in [-0.2, -0.15) is 0 Å². The molecule has 4 nitrogen and oxygen atoms in total. The van der Waals surface area contributed by atoms with Crippen LogP contribution in [0.4, 0.5) is 5.69 Å². The lowest BCUT2D eigenvalue weighted by molar-refractivity contribution is 0.0783. The van der Waals surface area contributed by atoms with Gasteiger partial charge in [-0.15, -0.1) is 0 Å². The number of pyridine rings is 1. The molecule has 0 aliphatic carbocycles. The van der Waals surface area contributed by atoms with Crippen LogP contribution < -0.4 is 5.73 Å². The van der Waals surface area contributed by atoms with Crippen LogP contribution in [-0.2, 0) is 6.54 Å². The average molecular weight is 334 g/mol. The van der Waals surface area contributed by atoms with Crippen LogP contribution in [0.1, 0.15) is 21.7 Å². The molecule has 0 saturated heterocycles. The van der Waals surface area contributed by atoms with E-state index in [1.165, 1.54) is 0 Å². The van der Waals surface area contributed by atoms with Gasteiger partial charge < -0.3 is 10.6 Å². The van der Waals surface area contributed by atoms with Crippen LogP contribution in [0.25, 0.3) is 0 Å². The van der Waals surface area contributed by atoms with E-state index >= 15 is 0 Å². The van der Waals surface area contributed by atoms with E-state index in [-0.39, 0.29) is 5.91 Å². The van der Waals surface area contributed by atoms with Gasteiger partial charge in [-0.3, -0.25) is 9.78 Å². The topological polar surface area (TPSA) is 59.2 Å². The second kappa shape index (κ2) is 6.05. The molecule has 0 bridgehead atoms. The molecule has 0 radical (unpaired) electrons. The Hall–Kier alpha value is -1.88. The minimum absolute atomic E-state index is 0.0821. The SMILES string of the molecule is Cc1cccc(CN(C)C(=O)c2cc(N)cc(Br)c2)n1. The summed E-state index contributed by atoms with van der Waals surface area (Å²) in [6.45, 7) is 2.40. The van der Waals surface area contributed by atoms with Gasteiger partial charge in [0.15, 0.2) is 0 Å². The van der Waals surface area contributed by atoms with Gasteiger partial charge in [0.1, 0.15) is 0 Å². The van der Waals surface area contributed by atoms with Crippen molar-refractivity contribution in [3.63, 3.8) is 0 Å². The van der Waals surface area contributed by atoms with E-state index in [1.54, 1.807) is 30.1 Å². The molecular formula is C15H16BrN3O. The van der Waals surface area contributed by atoms with Gasteiger partial charge in [0, 0.05) is 28.5 Å². The largest absolute Gasteiger partial charge is 0.399 e. The number of nitrogen functional groups attached to an aromatic ring is 1. The Bertz CT molecular complexity index is 623. The number of halogens is 1. The van der Waals surface area contributed by atoms with Gasteiger partial charge in [-0.05, 0) is 37.3 Å². The average Bonchev–Trinajstić information content (AvgIpc) is 2.36. The summed E-state index contributed by atoms with van der Waals surface area (Å²) in [5.41, 5.74) is 8.68. The van der Waals surface area contributed by atoms with E-state index in [1.807, 2.05) is 25.1 Å². The smallest absolute Gasteiger partial charge is 0.254 e. The lowest BCUT2D eigenvalue weighted by Gasteiger charge is -2.17. The van der Waals surface area contributed by atoms with Crippen molar-refractivity contribution >= 4 is 27.5 Å². The number of rotatable bonds is 3. The summed E-state index contributed by atoms with van der Waals surface area (Å²) in [6, 6.07) is 11.0. The molecule has 1 aromatic carbocycles. The lowest BCUT2D eigenvalue weighted by Crippen LogP contribution is -2.26. The number of nitrogens with two attached hydrogens (primary N) is 1. The Morgan fingerprint density at radius 3 is 2.75 bits per heavy atom. The minimum atomic E-state index is -0.0821. The number of hydrogen-bond donors (Lipinski definition) is 1. The third-order valence-corrected chi connectivity index (χ3v) is 3.32. The molecule has 2 rings (SSSR count). The van der Waals surface area contributed by atoms with Gasteiger partial charge in [0.05, 0.1) is 12.2 Å². The maximum Gasteiger partial charge on any atom is 0.254 e. The maximum atomic E-state index is 12.4. The Balaban J connectivity index is 2.16. The number of amides is 1. The first-order chi connectivity index (χ1) is 9.45. The molecular weight excluding hydrogens is 318 g/mol. The molecule has 1 heterocycles. The van der Waals surface area contributed by atoms with Gasteiger partial charge in [0.2, 0.25) is 0 Å². The lowest BCUT2D eigenvalue weighted by atomic mass is 10.1. The van der Waals surface area contributed by atoms with Crippen molar-refractivity contribution in [3.05, 3.63) is 57.8 Å². The third-order valence-electron chi connectivity index (χ3n) is 2.86. The summed E-state index contributed by atoms with van der Waals surface area (Å²) in [5.74, 6) is -0.0821. The Morgan fingerprint density at radius 2 is 2.10 bits per heavy atom. The highest BCUT2D eigenvalue weighted by molar-refractivity contribution is 9.10. The van der Waals surface area contributed by atoms with Crippen LogP contribution in [0, 0.1) is 6.92 Å². The van der Waals surface area contributed by atoms with Crippen molar-refractivity contribution in [2.75, 3.05) is 12.8 Å². The van der Waals surface area contributed by atoms with E-state index in [0.29, 0.717) is 17.8 Å². The Labute approximate surface area is 126 Å². The fourth-order valence-corrected chi connectivity index (χ4v) is 2.47. The molecule has 104 valence electrons. The molecule has 2 aromatic rings. The summed E-state index contributed by atoms with van der Waals surface area (Å²) in [7, 11) is 1.75. The first kappa shape index (κ1) is 14.5. The number of carbonyl (C=O) groups is 1. The van der Waals surface area contributed by atoms with Crippen molar-refractivity contribution in [1.29, 1.82) is 0 Å². The first-order valence-corrected chi connectivity index (χ1v) is 6.99. The van der Waals surface area contributed by atoms with Crippen LogP contribution >= 0.6 is 15.9 Å². The van der Waals surface area contributed by atoms with E-state index in [4.69, 9.17) is 5.73 Å². The zero-order chi connectivity index (χ0) is 14.7. The maximum absolute atomic E-state index is 12.4. The van der Waals surface area contributed by atoms with Gasteiger partial charge in [-0.1, -0.05) is 22.0 Å². The summed E-state index contributed by atoms with van der Waals surface area (Å²) < 4.78 is 0.794. The molecule has 1 aromatic heterocycles. The Kier molecular flexibility index (Phi) is 4.39. The number of nitrogens with zero attached hydrogens (tertiary/aromatic N) is 2. The van der Waals surface area contributed by atoms with E-state index in [2.05, 4.69) is 20.9 Å². The van der Waals surface area contributed by atoms with Crippen molar-refractivity contribution in [2.45, 2.75) is 13.5 Å². The third kappa shape index (κ3) is 3.57. The van der Waals surface area contributed by atoms with Crippen molar-refractivity contribution in [2.24, 2.45) is 0 Å². The van der Waals surface area contributed by atoms with E-state index < -0.39 is 0 Å². The summed E-state index contributed by atoms with van der Waals surface area (Å²) >= 11 is 3.34. The molecule has 20 heavy (non-hydrogen) atoms. The fourth-order valence-electron chi connectivity index (χ4n) is 1.96. The van der Waals surface area contributed by atoms with Crippen LogP contribution in [0.3, 0.4) is 0 Å². The predicted octanol–water partition coefficient (Wildman–Crippen LogP) is 3.01. The zero-order valence-corrected chi connectivity index (χ0v) is 13.0. The van der Waals surface area contributed by atoms with Crippen LogP contribution in [-0.4, -0.2) is 22.8 Å². The number of carbonyl (C=O) groups excluding carboxylic acids is 1.